The van der Waals surface area contributed by atoms with Gasteiger partial charge in [0.05, 0.1) is 0 Å². The van der Waals surface area contributed by atoms with Gasteiger partial charge in [0, 0.05) is 24.6 Å². The minimum absolute atomic E-state index is 0.0391. The summed E-state index contributed by atoms with van der Waals surface area (Å²) >= 11 is 0. The van der Waals surface area contributed by atoms with Gasteiger partial charge in [-0.1, -0.05) is 18.7 Å². The summed E-state index contributed by atoms with van der Waals surface area (Å²) in [6.45, 7) is 5.30. The number of carbonyl (C=O) groups excluding carboxylic acids is 4. The van der Waals surface area contributed by atoms with Crippen molar-refractivity contribution in [3.05, 3.63) is 36.0 Å². The predicted molar refractivity (Wildman–Crippen MR) is 77.0 cm³/mol. The van der Waals surface area contributed by atoms with Gasteiger partial charge in [-0.15, -0.1) is 0 Å². The molecule has 21 heavy (non-hydrogen) atoms. The maximum atomic E-state index is 12.4. The van der Waals surface area contributed by atoms with Gasteiger partial charge in [0.25, 0.3) is 5.91 Å². The van der Waals surface area contributed by atoms with Gasteiger partial charge in [-0.3, -0.25) is 24.5 Å². The maximum absolute atomic E-state index is 12.4. The average molecular weight is 290 g/mol. The number of aldehydes is 1. The summed E-state index contributed by atoms with van der Waals surface area (Å²) in [6.07, 6.45) is 5.72. The van der Waals surface area contributed by atoms with E-state index in [0.717, 1.165) is 0 Å². The molecular formula is C15H18N2O4. The predicted octanol–water partition coefficient (Wildman–Crippen LogP) is 0.508. The van der Waals surface area contributed by atoms with E-state index in [2.05, 4.69) is 11.9 Å². The van der Waals surface area contributed by atoms with Gasteiger partial charge in [-0.25, -0.2) is 0 Å². The molecule has 0 aromatic heterocycles. The molecule has 1 atom stereocenters. The van der Waals surface area contributed by atoms with E-state index in [-0.39, 0.29) is 29.9 Å². The van der Waals surface area contributed by atoms with E-state index in [4.69, 9.17) is 0 Å². The molecule has 0 saturated carbocycles. The van der Waals surface area contributed by atoms with E-state index in [1.807, 2.05) is 0 Å². The molecule has 6 heteroatoms. The largest absolute Gasteiger partial charge is 0.330 e. The first kappa shape index (κ1) is 16.6. The van der Waals surface area contributed by atoms with Crippen LogP contribution in [0, 0.1) is 0 Å². The standard InChI is InChI=1S/C15H18N2O4/c1-4-5-6-11(10(2)9-18)15(21)17(3)12-7-8-13(19)16-14(12)20/h4-6,9,12H,2,7-8H2,1,3H3,(H,16,19,20)/b5-4-,11-6+. The smallest absolute Gasteiger partial charge is 0.254 e. The minimum atomic E-state index is -0.733. The van der Waals surface area contributed by atoms with Gasteiger partial charge < -0.3 is 4.90 Å². The van der Waals surface area contributed by atoms with Crippen LogP contribution in [0.5, 0.6) is 0 Å². The van der Waals surface area contributed by atoms with Crippen LogP contribution in [0.15, 0.2) is 36.0 Å². The lowest BCUT2D eigenvalue weighted by Crippen LogP contribution is -2.53. The molecule has 1 heterocycles. The Balaban J connectivity index is 2.98. The fourth-order valence-electron chi connectivity index (χ4n) is 1.95. The molecule has 112 valence electrons. The highest BCUT2D eigenvalue weighted by molar-refractivity contribution is 6.07. The first-order valence-corrected chi connectivity index (χ1v) is 6.50. The van der Waals surface area contributed by atoms with Gasteiger partial charge in [0.15, 0.2) is 0 Å². The lowest BCUT2D eigenvalue weighted by molar-refractivity contribution is -0.142. The molecular weight excluding hydrogens is 272 g/mol. The molecule has 6 nitrogen and oxygen atoms in total. The Morgan fingerprint density at radius 1 is 1.43 bits per heavy atom. The Morgan fingerprint density at radius 2 is 2.10 bits per heavy atom. The van der Waals surface area contributed by atoms with Crippen LogP contribution in [0.2, 0.25) is 0 Å². The maximum Gasteiger partial charge on any atom is 0.254 e. The van der Waals surface area contributed by atoms with Crippen molar-refractivity contribution < 1.29 is 19.2 Å². The average Bonchev–Trinajstić information content (AvgIpc) is 2.46. The zero-order valence-corrected chi connectivity index (χ0v) is 12.1. The number of likely N-dealkylation sites (N-methyl/N-ethyl adjacent to an activating group) is 1. The Bertz CT molecular complexity index is 546. The molecule has 0 bridgehead atoms. The highest BCUT2D eigenvalue weighted by atomic mass is 16.2. The second kappa shape index (κ2) is 7.33. The lowest BCUT2D eigenvalue weighted by Gasteiger charge is -2.30. The van der Waals surface area contributed by atoms with E-state index in [1.54, 1.807) is 19.1 Å². The molecule has 1 saturated heterocycles. The molecule has 0 spiro atoms. The number of hydrogen-bond acceptors (Lipinski definition) is 4. The third kappa shape index (κ3) is 3.98. The molecule has 0 aliphatic carbocycles. The van der Waals surface area contributed by atoms with Gasteiger partial charge in [0.2, 0.25) is 11.8 Å². The van der Waals surface area contributed by atoms with Crippen LogP contribution in [0.3, 0.4) is 0 Å². The van der Waals surface area contributed by atoms with Gasteiger partial charge in [-0.2, -0.15) is 0 Å². The summed E-state index contributed by atoms with van der Waals surface area (Å²) in [5.74, 6) is -1.34. The zero-order chi connectivity index (χ0) is 16.0. The molecule has 0 aromatic carbocycles. The van der Waals surface area contributed by atoms with Crippen molar-refractivity contribution in [3.63, 3.8) is 0 Å². The molecule has 1 fully saturated rings. The molecule has 1 unspecified atom stereocenters. The highest BCUT2D eigenvalue weighted by Crippen LogP contribution is 2.16. The van der Waals surface area contributed by atoms with Gasteiger partial charge in [0.1, 0.15) is 12.3 Å². The summed E-state index contributed by atoms with van der Waals surface area (Å²) < 4.78 is 0. The van der Waals surface area contributed by atoms with Crippen molar-refractivity contribution in [1.82, 2.24) is 10.2 Å². The van der Waals surface area contributed by atoms with Crippen LogP contribution in [0.4, 0.5) is 0 Å². The quantitative estimate of drug-likeness (QED) is 0.346. The molecule has 1 N–H and O–H groups in total. The molecule has 1 aliphatic heterocycles. The fourth-order valence-corrected chi connectivity index (χ4v) is 1.95. The summed E-state index contributed by atoms with van der Waals surface area (Å²) in [5, 5.41) is 2.19. The van der Waals surface area contributed by atoms with Crippen LogP contribution in [0.1, 0.15) is 19.8 Å². The summed E-state index contributed by atoms with van der Waals surface area (Å²) in [5.41, 5.74) is 0.160. The number of nitrogens with zero attached hydrogens (tertiary/aromatic N) is 1. The number of amides is 3. The van der Waals surface area contributed by atoms with E-state index in [9.17, 15) is 19.2 Å². The van der Waals surface area contributed by atoms with Crippen LogP contribution < -0.4 is 5.32 Å². The van der Waals surface area contributed by atoms with Crippen molar-refractivity contribution in [1.29, 1.82) is 0 Å². The van der Waals surface area contributed by atoms with Crippen molar-refractivity contribution in [2.24, 2.45) is 0 Å². The van der Waals surface area contributed by atoms with Gasteiger partial charge >= 0.3 is 0 Å². The fraction of sp³-hybridized carbons (Fsp3) is 0.333. The summed E-state index contributed by atoms with van der Waals surface area (Å²) in [6, 6.07) is -0.733. The van der Waals surface area contributed by atoms with Crippen LogP contribution >= 0.6 is 0 Å². The summed E-state index contributed by atoms with van der Waals surface area (Å²) in [7, 11) is 1.46. The third-order valence-corrected chi connectivity index (χ3v) is 3.17. The van der Waals surface area contributed by atoms with E-state index < -0.39 is 17.9 Å². The Morgan fingerprint density at radius 3 is 2.62 bits per heavy atom. The first-order valence-electron chi connectivity index (χ1n) is 6.50. The Labute approximate surface area is 123 Å². The van der Waals surface area contributed by atoms with Crippen molar-refractivity contribution in [2.75, 3.05) is 7.05 Å². The van der Waals surface area contributed by atoms with Crippen molar-refractivity contribution in [3.8, 4) is 0 Å². The van der Waals surface area contributed by atoms with Crippen LogP contribution in [0.25, 0.3) is 0 Å². The molecule has 0 radical (unpaired) electrons. The van der Waals surface area contributed by atoms with Crippen molar-refractivity contribution in [2.45, 2.75) is 25.8 Å². The van der Waals surface area contributed by atoms with E-state index >= 15 is 0 Å². The number of imide groups is 1. The monoisotopic (exact) mass is 290 g/mol. The SMILES string of the molecule is C=C(C=O)/C(=C\C=C/C)C(=O)N(C)C1CCC(=O)NC1=O. The molecule has 0 aromatic rings. The number of allylic oxidation sites excluding steroid dienone is 3. The number of nitrogens with one attached hydrogen (secondary N) is 1. The van der Waals surface area contributed by atoms with Crippen molar-refractivity contribution >= 4 is 24.0 Å². The van der Waals surface area contributed by atoms with Crippen LogP contribution in [-0.2, 0) is 19.2 Å². The second-order valence-corrected chi connectivity index (χ2v) is 4.63. The number of carbonyl (C=O) groups is 4. The minimum Gasteiger partial charge on any atom is -0.330 e. The zero-order valence-electron chi connectivity index (χ0n) is 12.1. The second-order valence-electron chi connectivity index (χ2n) is 4.63. The van der Waals surface area contributed by atoms with Crippen LogP contribution in [-0.4, -0.2) is 42.0 Å². The lowest BCUT2D eigenvalue weighted by atomic mass is 10.0. The number of piperidine rings is 1. The van der Waals surface area contributed by atoms with E-state index in [0.29, 0.717) is 6.29 Å². The number of hydrogen-bond donors (Lipinski definition) is 1. The normalized spacial score (nSPS) is 19.3. The topological polar surface area (TPSA) is 83.6 Å². The number of rotatable bonds is 5. The molecule has 3 amide bonds. The third-order valence-electron chi connectivity index (χ3n) is 3.17. The molecule has 1 rings (SSSR count). The van der Waals surface area contributed by atoms with Gasteiger partial charge in [-0.05, 0) is 19.4 Å². The molecule has 1 aliphatic rings. The highest BCUT2D eigenvalue weighted by Gasteiger charge is 2.33. The summed E-state index contributed by atoms with van der Waals surface area (Å²) in [4.78, 5) is 47.4. The Kier molecular flexibility index (Phi) is 5.78. The van der Waals surface area contributed by atoms with E-state index in [1.165, 1.54) is 18.0 Å². The Hall–Kier alpha value is -2.50. The first-order chi connectivity index (χ1) is 9.92.